The van der Waals surface area contributed by atoms with Crippen LogP contribution in [0.3, 0.4) is 0 Å². The average molecular weight is 345 g/mol. The number of anilines is 1. The van der Waals surface area contributed by atoms with Crippen molar-refractivity contribution in [2.45, 2.75) is 25.7 Å². The van der Waals surface area contributed by atoms with Crippen molar-refractivity contribution < 1.29 is 9.47 Å². The van der Waals surface area contributed by atoms with Crippen molar-refractivity contribution in [3.63, 3.8) is 0 Å². The molecule has 0 spiro atoms. The number of pyridine rings is 1. The molecule has 1 N–H and O–H groups in total. The molecule has 7 nitrogen and oxygen atoms in total. The van der Waals surface area contributed by atoms with Gasteiger partial charge in [0.25, 0.3) is 5.88 Å². The van der Waals surface area contributed by atoms with E-state index in [1.807, 2.05) is 0 Å². The maximum absolute atomic E-state index is 5.35. The molecule has 0 fully saturated rings. The van der Waals surface area contributed by atoms with Crippen LogP contribution in [-0.4, -0.2) is 47.8 Å². The van der Waals surface area contributed by atoms with Crippen molar-refractivity contribution in [2.24, 2.45) is 0 Å². The first kappa shape index (κ1) is 15.5. The summed E-state index contributed by atoms with van der Waals surface area (Å²) in [5, 5.41) is 16.7. The summed E-state index contributed by atoms with van der Waals surface area (Å²) in [6.07, 6.45) is 4.47. The van der Waals surface area contributed by atoms with Gasteiger partial charge in [0.1, 0.15) is 20.9 Å². The summed E-state index contributed by atoms with van der Waals surface area (Å²) in [6, 6.07) is 0. The molecule has 24 heavy (non-hydrogen) atoms. The molecular formula is C16H19N5O2S. The zero-order chi connectivity index (χ0) is 16.5. The molecule has 0 atom stereocenters. The minimum atomic E-state index is 0.515. The van der Waals surface area contributed by atoms with Crippen molar-refractivity contribution >= 4 is 37.6 Å². The van der Waals surface area contributed by atoms with Crippen molar-refractivity contribution in [1.29, 1.82) is 0 Å². The summed E-state index contributed by atoms with van der Waals surface area (Å²) in [4.78, 5) is 5.84. The van der Waals surface area contributed by atoms with Crippen LogP contribution in [0.4, 0.5) is 5.82 Å². The van der Waals surface area contributed by atoms with Crippen molar-refractivity contribution in [3.8, 4) is 5.88 Å². The Labute approximate surface area is 143 Å². The normalized spacial score (nSPS) is 14.1. The fourth-order valence-corrected chi connectivity index (χ4v) is 4.42. The number of nitrogens with one attached hydrogen (secondary N) is 1. The van der Waals surface area contributed by atoms with Crippen LogP contribution in [0, 0.1) is 0 Å². The number of aryl methyl sites for hydroxylation is 1. The monoisotopic (exact) mass is 345 g/mol. The Morgan fingerprint density at radius 3 is 2.75 bits per heavy atom. The van der Waals surface area contributed by atoms with Gasteiger partial charge >= 0.3 is 0 Å². The van der Waals surface area contributed by atoms with Crippen molar-refractivity contribution in [3.05, 3.63) is 11.1 Å². The third-order valence-corrected chi connectivity index (χ3v) is 5.46. The van der Waals surface area contributed by atoms with Crippen LogP contribution in [0.1, 0.15) is 24.0 Å². The summed E-state index contributed by atoms with van der Waals surface area (Å²) in [5.41, 5.74) is 3.51. The lowest BCUT2D eigenvalue weighted by Gasteiger charge is -2.20. The summed E-state index contributed by atoms with van der Waals surface area (Å²) >= 11 is 1.57. The van der Waals surface area contributed by atoms with E-state index >= 15 is 0 Å². The minimum absolute atomic E-state index is 0.515. The third-order valence-electron chi connectivity index (χ3n) is 4.40. The van der Waals surface area contributed by atoms with Crippen LogP contribution in [-0.2, 0) is 17.6 Å². The highest BCUT2D eigenvalue weighted by Crippen LogP contribution is 2.41. The Bertz CT molecular complexity index is 895. The molecule has 0 unspecified atom stereocenters. The van der Waals surface area contributed by atoms with E-state index in [1.165, 1.54) is 24.0 Å². The van der Waals surface area contributed by atoms with Gasteiger partial charge in [-0.2, -0.15) is 0 Å². The first-order valence-corrected chi connectivity index (χ1v) is 8.89. The lowest BCUT2D eigenvalue weighted by molar-refractivity contribution is 0.210. The molecule has 0 radical (unpaired) electrons. The summed E-state index contributed by atoms with van der Waals surface area (Å²) in [5.74, 6) is 1.49. The average Bonchev–Trinajstić information content (AvgIpc) is 3.00. The topological polar surface area (TPSA) is 82.0 Å². The molecule has 8 heteroatoms. The van der Waals surface area contributed by atoms with Crippen molar-refractivity contribution in [1.82, 2.24) is 20.4 Å². The Balaban J connectivity index is 1.94. The van der Waals surface area contributed by atoms with Gasteiger partial charge in [0, 0.05) is 19.0 Å². The van der Waals surface area contributed by atoms with Gasteiger partial charge in [0.15, 0.2) is 0 Å². The zero-order valence-corrected chi connectivity index (χ0v) is 14.6. The lowest BCUT2D eigenvalue weighted by atomic mass is 9.90. The molecule has 3 aromatic rings. The Hall–Kier alpha value is -2.06. The number of ether oxygens (including phenoxy) is 2. The fourth-order valence-electron chi connectivity index (χ4n) is 3.32. The zero-order valence-electron chi connectivity index (χ0n) is 13.8. The number of thiophene rings is 1. The predicted octanol–water partition coefficient (Wildman–Crippen LogP) is 2.58. The highest BCUT2D eigenvalue weighted by atomic mass is 32.1. The lowest BCUT2D eigenvalue weighted by Crippen LogP contribution is -2.14. The molecule has 0 saturated heterocycles. The summed E-state index contributed by atoms with van der Waals surface area (Å²) in [7, 11) is 3.31. The van der Waals surface area contributed by atoms with E-state index in [0.29, 0.717) is 12.5 Å². The highest BCUT2D eigenvalue weighted by molar-refractivity contribution is 7.25. The molecule has 0 aromatic carbocycles. The van der Waals surface area contributed by atoms with Crippen LogP contribution in [0.2, 0.25) is 0 Å². The smallest absolute Gasteiger partial charge is 0.254 e. The summed E-state index contributed by atoms with van der Waals surface area (Å²) < 4.78 is 11.4. The maximum Gasteiger partial charge on any atom is 0.254 e. The molecule has 4 rings (SSSR count). The van der Waals surface area contributed by atoms with Crippen LogP contribution in [0.15, 0.2) is 0 Å². The predicted molar refractivity (Wildman–Crippen MR) is 94.1 cm³/mol. The van der Waals surface area contributed by atoms with Gasteiger partial charge in [-0.05, 0) is 42.0 Å². The largest absolute Gasteiger partial charge is 0.479 e. The maximum atomic E-state index is 5.35. The quantitative estimate of drug-likeness (QED) is 0.712. The van der Waals surface area contributed by atoms with Crippen LogP contribution in [0.5, 0.6) is 5.88 Å². The number of hydrogen-bond donors (Lipinski definition) is 1. The van der Waals surface area contributed by atoms with E-state index in [0.717, 1.165) is 45.6 Å². The molecule has 3 heterocycles. The molecule has 0 saturated carbocycles. The van der Waals surface area contributed by atoms with Gasteiger partial charge in [-0.25, -0.2) is 4.98 Å². The molecule has 0 amide bonds. The first-order chi connectivity index (χ1) is 11.8. The molecule has 0 aliphatic heterocycles. The van der Waals surface area contributed by atoms with Crippen LogP contribution < -0.4 is 10.1 Å². The van der Waals surface area contributed by atoms with Crippen LogP contribution >= 0.6 is 11.3 Å². The highest BCUT2D eigenvalue weighted by Gasteiger charge is 2.23. The molecule has 1 aliphatic carbocycles. The molecule has 126 valence electrons. The number of nitrogens with zero attached hydrogens (tertiary/aromatic N) is 4. The van der Waals surface area contributed by atoms with Gasteiger partial charge in [-0.15, -0.1) is 16.4 Å². The van der Waals surface area contributed by atoms with Gasteiger partial charge in [-0.1, -0.05) is 5.10 Å². The Morgan fingerprint density at radius 2 is 1.96 bits per heavy atom. The van der Waals surface area contributed by atoms with E-state index in [4.69, 9.17) is 14.5 Å². The second-order valence-electron chi connectivity index (χ2n) is 5.80. The molecule has 1 aliphatic rings. The molecular weight excluding hydrogens is 326 g/mol. The first-order valence-electron chi connectivity index (χ1n) is 8.07. The number of aromatic nitrogens is 4. The number of hydrogen-bond acceptors (Lipinski definition) is 8. The second kappa shape index (κ2) is 6.45. The fraction of sp³-hybridized carbons (Fsp3) is 0.500. The Kier molecular flexibility index (Phi) is 4.15. The van der Waals surface area contributed by atoms with Gasteiger partial charge in [0.05, 0.1) is 13.7 Å². The third kappa shape index (κ3) is 2.46. The standard InChI is InChI=1S/C16H19N5O2S/c1-22-8-7-17-14-10-6-4-3-5-9(10)11-12-13(24-16(11)18-14)15(23-2)20-21-19-12/h3-8H2,1-2H3,(H,17,18). The number of methoxy groups -OCH3 is 2. The molecule has 0 bridgehead atoms. The van der Waals surface area contributed by atoms with Crippen molar-refractivity contribution in [2.75, 3.05) is 32.7 Å². The van der Waals surface area contributed by atoms with E-state index in [1.54, 1.807) is 25.6 Å². The Morgan fingerprint density at radius 1 is 1.12 bits per heavy atom. The van der Waals surface area contributed by atoms with E-state index in [-0.39, 0.29) is 0 Å². The van der Waals surface area contributed by atoms with E-state index < -0.39 is 0 Å². The van der Waals surface area contributed by atoms with Gasteiger partial charge in [-0.3, -0.25) is 0 Å². The molecule has 3 aromatic heterocycles. The SMILES string of the molecule is COCCNc1nc2sc3c(OC)nnnc3c2c2c1CCCC2. The van der Waals surface area contributed by atoms with E-state index in [9.17, 15) is 0 Å². The van der Waals surface area contributed by atoms with Crippen LogP contribution in [0.25, 0.3) is 20.4 Å². The number of rotatable bonds is 5. The van der Waals surface area contributed by atoms with E-state index in [2.05, 4.69) is 20.7 Å². The minimum Gasteiger partial charge on any atom is -0.479 e. The second-order valence-corrected chi connectivity index (χ2v) is 6.80. The number of fused-ring (bicyclic) bond motifs is 5. The summed E-state index contributed by atoms with van der Waals surface area (Å²) in [6.45, 7) is 1.40. The van der Waals surface area contributed by atoms with Gasteiger partial charge < -0.3 is 14.8 Å². The van der Waals surface area contributed by atoms with Gasteiger partial charge in [0.2, 0.25) is 0 Å².